The third kappa shape index (κ3) is 1.33. The molecule has 0 atom stereocenters. The second-order valence-corrected chi connectivity index (χ2v) is 3.40. The molecule has 0 saturated carbocycles. The molecule has 0 spiro atoms. The Morgan fingerprint density at radius 2 is 2.36 bits per heavy atom. The first-order valence-corrected chi connectivity index (χ1v) is 4.55. The van der Waals surface area contributed by atoms with Crippen molar-refractivity contribution in [2.24, 2.45) is 0 Å². The number of carbonyl (C=O) groups excluding carboxylic acids is 1. The average molecular weight is 191 g/mol. The second-order valence-electron chi connectivity index (χ2n) is 3.40. The van der Waals surface area contributed by atoms with Crippen LogP contribution in [0.5, 0.6) is 0 Å². The summed E-state index contributed by atoms with van der Waals surface area (Å²) in [5.41, 5.74) is 8.35. The summed E-state index contributed by atoms with van der Waals surface area (Å²) in [5.74, 6) is 0.125. The number of nitrogens with zero attached hydrogens (tertiary/aromatic N) is 1. The van der Waals surface area contributed by atoms with Gasteiger partial charge in [0.15, 0.2) is 0 Å². The largest absolute Gasteiger partial charge is 0.399 e. The number of nitrogens with two attached hydrogens (primary N) is 1. The Morgan fingerprint density at radius 3 is 3.07 bits per heavy atom. The van der Waals surface area contributed by atoms with Crippen LogP contribution >= 0.6 is 0 Å². The van der Waals surface area contributed by atoms with Crippen molar-refractivity contribution >= 4 is 17.3 Å². The van der Waals surface area contributed by atoms with Crippen LogP contribution in [0.4, 0.5) is 11.4 Å². The van der Waals surface area contributed by atoms with E-state index in [9.17, 15) is 4.79 Å². The molecule has 0 aliphatic carbocycles. The Morgan fingerprint density at radius 1 is 1.57 bits per heavy atom. The van der Waals surface area contributed by atoms with Crippen molar-refractivity contribution in [2.45, 2.75) is 6.42 Å². The molecule has 0 aromatic heterocycles. The van der Waals surface area contributed by atoms with Gasteiger partial charge in [-0.2, -0.15) is 0 Å². The average Bonchev–Trinajstić information content (AvgIpc) is 2.43. The monoisotopic (exact) mass is 191 g/mol. The Hall–Kier alpha value is -1.55. The van der Waals surface area contributed by atoms with Crippen LogP contribution in [0.15, 0.2) is 18.2 Å². The molecule has 1 aliphatic heterocycles. The molecule has 1 amide bonds. The predicted molar refractivity (Wildman–Crippen MR) is 56.0 cm³/mol. The highest BCUT2D eigenvalue weighted by molar-refractivity contribution is 6.01. The number of nitrogens with one attached hydrogen (secondary N) is 1. The fourth-order valence-corrected chi connectivity index (χ4v) is 1.73. The van der Waals surface area contributed by atoms with E-state index in [2.05, 4.69) is 5.32 Å². The van der Waals surface area contributed by atoms with Crippen molar-refractivity contribution in [1.82, 2.24) is 5.32 Å². The van der Waals surface area contributed by atoms with Gasteiger partial charge in [-0.3, -0.25) is 9.69 Å². The maximum absolute atomic E-state index is 11.6. The lowest BCUT2D eigenvalue weighted by atomic mass is 10.1. The van der Waals surface area contributed by atoms with Gasteiger partial charge < -0.3 is 11.1 Å². The summed E-state index contributed by atoms with van der Waals surface area (Å²) in [6, 6.07) is 5.58. The van der Waals surface area contributed by atoms with Crippen LogP contribution in [0.3, 0.4) is 0 Å². The first kappa shape index (κ1) is 9.02. The number of carbonyl (C=O) groups is 1. The fourth-order valence-electron chi connectivity index (χ4n) is 1.73. The van der Waals surface area contributed by atoms with E-state index in [0.29, 0.717) is 18.8 Å². The van der Waals surface area contributed by atoms with Crippen LogP contribution in [0.25, 0.3) is 0 Å². The first-order chi connectivity index (χ1) is 6.72. The highest BCUT2D eigenvalue weighted by Gasteiger charge is 2.26. The van der Waals surface area contributed by atoms with Crippen LogP contribution in [0.1, 0.15) is 5.56 Å². The van der Waals surface area contributed by atoms with Crippen molar-refractivity contribution in [3.8, 4) is 0 Å². The Kier molecular flexibility index (Phi) is 2.13. The summed E-state index contributed by atoms with van der Waals surface area (Å²) in [6.45, 7) is 0.551. The summed E-state index contributed by atoms with van der Waals surface area (Å²) in [7, 11) is 1.82. The summed E-state index contributed by atoms with van der Waals surface area (Å²) < 4.78 is 0. The van der Waals surface area contributed by atoms with Gasteiger partial charge in [0.25, 0.3) is 0 Å². The van der Waals surface area contributed by atoms with E-state index < -0.39 is 0 Å². The molecule has 1 aromatic carbocycles. The third-order valence-electron chi connectivity index (χ3n) is 2.35. The molecule has 1 aromatic rings. The zero-order chi connectivity index (χ0) is 10.1. The van der Waals surface area contributed by atoms with Gasteiger partial charge in [-0.25, -0.2) is 0 Å². The molecule has 0 fully saturated rings. The van der Waals surface area contributed by atoms with Gasteiger partial charge in [0.2, 0.25) is 5.91 Å². The van der Waals surface area contributed by atoms with Gasteiger partial charge in [0.1, 0.15) is 0 Å². The minimum Gasteiger partial charge on any atom is -0.399 e. The number of anilines is 2. The van der Waals surface area contributed by atoms with Gasteiger partial charge in [0, 0.05) is 11.4 Å². The van der Waals surface area contributed by atoms with E-state index >= 15 is 0 Å². The lowest BCUT2D eigenvalue weighted by Crippen LogP contribution is -2.34. The Balaban J connectivity index is 2.37. The molecule has 4 heteroatoms. The highest BCUT2D eigenvalue weighted by atomic mass is 16.2. The number of hydrogen-bond donors (Lipinski definition) is 2. The van der Waals surface area contributed by atoms with E-state index in [1.54, 1.807) is 4.90 Å². The second kappa shape index (κ2) is 3.31. The fraction of sp³-hybridized carbons (Fsp3) is 0.300. The van der Waals surface area contributed by atoms with Crippen LogP contribution in [-0.2, 0) is 11.2 Å². The highest BCUT2D eigenvalue weighted by Crippen LogP contribution is 2.29. The molecule has 1 heterocycles. The molecule has 1 aliphatic rings. The lowest BCUT2D eigenvalue weighted by molar-refractivity contribution is -0.117. The summed E-state index contributed by atoms with van der Waals surface area (Å²) in [5, 5.41) is 2.97. The van der Waals surface area contributed by atoms with Crippen LogP contribution in [-0.4, -0.2) is 19.6 Å². The molecule has 0 bridgehead atoms. The number of rotatable bonds is 2. The minimum absolute atomic E-state index is 0.125. The van der Waals surface area contributed by atoms with Crippen LogP contribution < -0.4 is 16.0 Å². The van der Waals surface area contributed by atoms with Gasteiger partial charge in [-0.1, -0.05) is 0 Å². The number of benzene rings is 1. The van der Waals surface area contributed by atoms with Crippen molar-refractivity contribution in [3.05, 3.63) is 23.8 Å². The lowest BCUT2D eigenvalue weighted by Gasteiger charge is -2.16. The van der Waals surface area contributed by atoms with E-state index in [1.165, 1.54) is 0 Å². The molecule has 0 radical (unpaired) electrons. The van der Waals surface area contributed by atoms with E-state index in [4.69, 9.17) is 5.73 Å². The normalized spacial score (nSPS) is 14.6. The zero-order valence-corrected chi connectivity index (χ0v) is 8.08. The standard InChI is InChI=1S/C10H13N3O/c1-12-6-13-9-3-2-8(11)4-7(9)5-10(13)14/h2-4,12H,5-6,11H2,1H3. The van der Waals surface area contributed by atoms with Gasteiger partial charge in [-0.05, 0) is 30.8 Å². The summed E-state index contributed by atoms with van der Waals surface area (Å²) in [6.07, 6.45) is 0.460. The van der Waals surface area contributed by atoms with Gasteiger partial charge in [0.05, 0.1) is 13.1 Å². The Labute approximate surface area is 82.7 Å². The van der Waals surface area contributed by atoms with Crippen molar-refractivity contribution in [1.29, 1.82) is 0 Å². The molecule has 2 rings (SSSR count). The zero-order valence-electron chi connectivity index (χ0n) is 8.08. The summed E-state index contributed by atoms with van der Waals surface area (Å²) >= 11 is 0. The quantitative estimate of drug-likeness (QED) is 0.662. The van der Waals surface area contributed by atoms with E-state index in [-0.39, 0.29) is 5.91 Å². The maximum atomic E-state index is 11.6. The Bertz CT molecular complexity index is 376. The van der Waals surface area contributed by atoms with E-state index in [0.717, 1.165) is 11.3 Å². The van der Waals surface area contributed by atoms with Gasteiger partial charge >= 0.3 is 0 Å². The number of amides is 1. The molecule has 14 heavy (non-hydrogen) atoms. The molecule has 74 valence electrons. The maximum Gasteiger partial charge on any atom is 0.232 e. The molecular weight excluding hydrogens is 178 g/mol. The predicted octanol–water partition coefficient (Wildman–Crippen LogP) is 0.335. The van der Waals surface area contributed by atoms with Crippen LogP contribution in [0, 0.1) is 0 Å². The van der Waals surface area contributed by atoms with E-state index in [1.807, 2.05) is 25.2 Å². The SMILES string of the molecule is CNCN1C(=O)Cc2cc(N)ccc21. The molecular formula is C10H13N3O. The van der Waals surface area contributed by atoms with Crippen LogP contribution in [0.2, 0.25) is 0 Å². The topological polar surface area (TPSA) is 58.4 Å². The number of fused-ring (bicyclic) bond motifs is 1. The van der Waals surface area contributed by atoms with Crippen molar-refractivity contribution in [2.75, 3.05) is 24.3 Å². The van der Waals surface area contributed by atoms with Crippen molar-refractivity contribution in [3.63, 3.8) is 0 Å². The molecule has 0 unspecified atom stereocenters. The molecule has 4 nitrogen and oxygen atoms in total. The number of hydrogen-bond acceptors (Lipinski definition) is 3. The van der Waals surface area contributed by atoms with Crippen molar-refractivity contribution < 1.29 is 4.79 Å². The number of nitrogen functional groups attached to an aromatic ring is 1. The smallest absolute Gasteiger partial charge is 0.232 e. The molecule has 0 saturated heterocycles. The molecule has 3 N–H and O–H groups in total. The third-order valence-corrected chi connectivity index (χ3v) is 2.35. The summed E-state index contributed by atoms with van der Waals surface area (Å²) in [4.78, 5) is 13.3. The van der Waals surface area contributed by atoms with Gasteiger partial charge in [-0.15, -0.1) is 0 Å². The minimum atomic E-state index is 0.125. The first-order valence-electron chi connectivity index (χ1n) is 4.55.